The summed E-state index contributed by atoms with van der Waals surface area (Å²) in [7, 11) is 0. The van der Waals surface area contributed by atoms with Crippen LogP contribution in [0, 0.1) is 17.3 Å². The van der Waals surface area contributed by atoms with E-state index in [0.717, 1.165) is 10.6 Å². The number of nitrogens with two attached hydrogens (primary N) is 1. The van der Waals surface area contributed by atoms with Gasteiger partial charge in [-0.15, -0.1) is 0 Å². The Morgan fingerprint density at radius 1 is 1.22 bits per heavy atom. The van der Waals surface area contributed by atoms with E-state index in [4.69, 9.17) is 17.3 Å². The number of hydrogen-bond donors (Lipinski definition) is 3. The average Bonchev–Trinajstić information content (AvgIpc) is 2.78. The van der Waals surface area contributed by atoms with E-state index < -0.39 is 40.8 Å². The molecule has 0 saturated heterocycles. The number of ketones is 1. The quantitative estimate of drug-likeness (QED) is 0.323. The van der Waals surface area contributed by atoms with Gasteiger partial charge in [-0.05, 0) is 48.7 Å². The zero-order chi connectivity index (χ0) is 26.7. The van der Waals surface area contributed by atoms with Crippen LogP contribution >= 0.6 is 11.6 Å². The lowest BCUT2D eigenvalue weighted by Crippen LogP contribution is -2.38. The molecule has 3 aromatic rings. The van der Waals surface area contributed by atoms with Crippen LogP contribution in [0.5, 0.6) is 0 Å². The molecule has 0 aliphatic carbocycles. The molecular weight excluding hydrogens is 491 g/mol. The number of amides is 1. The Morgan fingerprint density at radius 2 is 1.92 bits per heavy atom. The predicted molar refractivity (Wildman–Crippen MR) is 131 cm³/mol. The van der Waals surface area contributed by atoms with Crippen LogP contribution in [0.25, 0.3) is 0 Å². The molecule has 0 saturated carbocycles. The van der Waals surface area contributed by atoms with E-state index in [-0.39, 0.29) is 45.3 Å². The number of benzene rings is 1. The van der Waals surface area contributed by atoms with Gasteiger partial charge in [0.1, 0.15) is 11.5 Å². The predicted octanol–water partition coefficient (Wildman–Crippen LogP) is 2.28. The third kappa shape index (κ3) is 5.73. The number of H-pyrrole nitrogens is 1. The summed E-state index contributed by atoms with van der Waals surface area (Å²) in [6, 6.07) is 7.34. The van der Waals surface area contributed by atoms with Crippen LogP contribution in [0.1, 0.15) is 59.4 Å². The topological polar surface area (TPSA) is 164 Å². The van der Waals surface area contributed by atoms with E-state index in [1.165, 1.54) is 31.2 Å². The molecule has 1 atom stereocenters. The number of aromatic amines is 1. The fraction of sp³-hybridized carbons (Fsp3) is 0.250. The smallest absolute Gasteiger partial charge is 0.320 e. The molecule has 10 nitrogen and oxygen atoms in total. The molecule has 1 aromatic carbocycles. The Morgan fingerprint density at radius 3 is 2.53 bits per heavy atom. The second-order valence-electron chi connectivity index (χ2n) is 8.39. The van der Waals surface area contributed by atoms with Crippen LogP contribution in [0.3, 0.4) is 0 Å². The fourth-order valence-electron chi connectivity index (χ4n) is 3.57. The summed E-state index contributed by atoms with van der Waals surface area (Å²) in [6.07, 6.45) is 0. The number of hydrogen-bond acceptors (Lipinski definition) is 7. The SMILES string of the molecule is CC(N)C(=O)Nc1cc(Cn2c(C(=O)c3cc(Cl)cc(C#N)c3)c(C(C)C)c(=O)[nH]c2=O)cc(F)n1. The van der Waals surface area contributed by atoms with Crippen LogP contribution < -0.4 is 22.3 Å². The van der Waals surface area contributed by atoms with Crippen molar-refractivity contribution in [2.45, 2.75) is 39.3 Å². The number of halogens is 2. The van der Waals surface area contributed by atoms with E-state index in [1.54, 1.807) is 13.8 Å². The molecule has 4 N–H and O–H groups in total. The molecule has 2 heterocycles. The van der Waals surface area contributed by atoms with Crippen molar-refractivity contribution in [1.29, 1.82) is 5.26 Å². The van der Waals surface area contributed by atoms with Gasteiger partial charge in [0.25, 0.3) is 5.56 Å². The van der Waals surface area contributed by atoms with Gasteiger partial charge < -0.3 is 11.1 Å². The van der Waals surface area contributed by atoms with Crippen LogP contribution in [-0.4, -0.2) is 32.3 Å². The zero-order valence-corrected chi connectivity index (χ0v) is 20.3. The Bertz CT molecular complexity index is 1520. The first-order valence-electron chi connectivity index (χ1n) is 10.8. The monoisotopic (exact) mass is 512 g/mol. The summed E-state index contributed by atoms with van der Waals surface area (Å²) in [5.41, 5.74) is 3.93. The van der Waals surface area contributed by atoms with E-state index >= 15 is 0 Å². The number of nitrogens with one attached hydrogen (secondary N) is 2. The molecule has 2 aromatic heterocycles. The lowest BCUT2D eigenvalue weighted by molar-refractivity contribution is -0.117. The standard InChI is InChI=1S/C24H22ClFN6O4/c1-11(2)19-20(21(33)15-4-13(9-27)5-16(25)8-15)32(24(36)31-23(19)35)10-14-6-17(26)29-18(7-14)30-22(34)12(3)28/h4-8,11-12H,10,28H2,1-3H3,(H,29,30,34)(H,31,35,36). The molecule has 0 fully saturated rings. The normalized spacial score (nSPS) is 11.7. The molecule has 186 valence electrons. The fourth-order valence-corrected chi connectivity index (χ4v) is 3.80. The van der Waals surface area contributed by atoms with Gasteiger partial charge in [-0.2, -0.15) is 9.65 Å². The Balaban J connectivity index is 2.21. The largest absolute Gasteiger partial charge is 0.329 e. The Labute approximate surface area is 209 Å². The molecule has 12 heteroatoms. The molecule has 0 radical (unpaired) electrons. The van der Waals surface area contributed by atoms with Crippen LogP contribution in [0.2, 0.25) is 5.02 Å². The minimum atomic E-state index is -0.949. The number of carbonyl (C=O) groups excluding carboxylic acids is 2. The molecule has 0 spiro atoms. The van der Waals surface area contributed by atoms with Gasteiger partial charge in [-0.1, -0.05) is 25.4 Å². The molecule has 1 unspecified atom stereocenters. The number of aromatic nitrogens is 3. The van der Waals surface area contributed by atoms with Gasteiger partial charge in [0.15, 0.2) is 0 Å². The van der Waals surface area contributed by atoms with Gasteiger partial charge in [-0.25, -0.2) is 9.78 Å². The third-order valence-corrected chi connectivity index (χ3v) is 5.39. The first-order chi connectivity index (χ1) is 16.9. The Kier molecular flexibility index (Phi) is 7.82. The maximum Gasteiger partial charge on any atom is 0.329 e. The molecule has 3 rings (SSSR count). The van der Waals surface area contributed by atoms with Crippen molar-refractivity contribution >= 4 is 29.1 Å². The summed E-state index contributed by atoms with van der Waals surface area (Å²) in [6.45, 7) is 4.43. The number of pyridine rings is 1. The van der Waals surface area contributed by atoms with Gasteiger partial charge in [0.05, 0.1) is 24.2 Å². The third-order valence-electron chi connectivity index (χ3n) is 5.18. The molecule has 0 aliphatic heterocycles. The molecule has 0 aliphatic rings. The van der Waals surface area contributed by atoms with Crippen LogP contribution in [0.4, 0.5) is 10.2 Å². The second kappa shape index (κ2) is 10.6. The lowest BCUT2D eigenvalue weighted by Gasteiger charge is -2.18. The number of rotatable bonds is 7. The van der Waals surface area contributed by atoms with Crippen molar-refractivity contribution in [2.24, 2.45) is 5.73 Å². The molecule has 0 bridgehead atoms. The highest BCUT2D eigenvalue weighted by Gasteiger charge is 2.25. The van der Waals surface area contributed by atoms with Gasteiger partial charge in [0.2, 0.25) is 17.6 Å². The van der Waals surface area contributed by atoms with Crippen molar-refractivity contribution < 1.29 is 14.0 Å². The number of carbonyl (C=O) groups is 2. The van der Waals surface area contributed by atoms with Gasteiger partial charge in [-0.3, -0.25) is 23.9 Å². The van der Waals surface area contributed by atoms with Crippen molar-refractivity contribution in [3.8, 4) is 6.07 Å². The highest BCUT2D eigenvalue weighted by atomic mass is 35.5. The van der Waals surface area contributed by atoms with Crippen LogP contribution in [0.15, 0.2) is 39.9 Å². The number of nitrogens with zero attached hydrogens (tertiary/aromatic N) is 3. The summed E-state index contributed by atoms with van der Waals surface area (Å²) < 4.78 is 15.3. The van der Waals surface area contributed by atoms with Gasteiger partial charge in [0, 0.05) is 16.1 Å². The van der Waals surface area contributed by atoms with Crippen molar-refractivity contribution in [1.82, 2.24) is 14.5 Å². The maximum absolute atomic E-state index is 14.3. The first kappa shape index (κ1) is 26.5. The second-order valence-corrected chi connectivity index (χ2v) is 8.83. The lowest BCUT2D eigenvalue weighted by atomic mass is 9.96. The first-order valence-corrected chi connectivity index (χ1v) is 11.1. The van der Waals surface area contributed by atoms with Crippen molar-refractivity contribution in [2.75, 3.05) is 5.32 Å². The number of anilines is 1. The minimum Gasteiger partial charge on any atom is -0.320 e. The van der Waals surface area contributed by atoms with Gasteiger partial charge >= 0.3 is 5.69 Å². The molecule has 1 amide bonds. The molecular formula is C24H22ClFN6O4. The summed E-state index contributed by atoms with van der Waals surface area (Å²) in [5.74, 6) is -2.90. The highest BCUT2D eigenvalue weighted by Crippen LogP contribution is 2.22. The van der Waals surface area contributed by atoms with E-state index in [2.05, 4.69) is 15.3 Å². The van der Waals surface area contributed by atoms with E-state index in [9.17, 15) is 28.8 Å². The molecule has 36 heavy (non-hydrogen) atoms. The van der Waals surface area contributed by atoms with E-state index in [0.29, 0.717) is 0 Å². The minimum absolute atomic E-state index is 0.00880. The summed E-state index contributed by atoms with van der Waals surface area (Å²) in [4.78, 5) is 56.9. The number of nitriles is 1. The van der Waals surface area contributed by atoms with Crippen molar-refractivity contribution in [3.05, 3.63) is 90.1 Å². The van der Waals surface area contributed by atoms with E-state index in [1.807, 2.05) is 6.07 Å². The van der Waals surface area contributed by atoms with Crippen molar-refractivity contribution in [3.63, 3.8) is 0 Å². The average molecular weight is 513 g/mol. The highest BCUT2D eigenvalue weighted by molar-refractivity contribution is 6.31. The van der Waals surface area contributed by atoms with Crippen LogP contribution in [-0.2, 0) is 11.3 Å². The zero-order valence-electron chi connectivity index (χ0n) is 19.6. The summed E-state index contributed by atoms with van der Waals surface area (Å²) >= 11 is 6.06. The Hall–Kier alpha value is -4.14. The summed E-state index contributed by atoms with van der Waals surface area (Å²) in [5, 5.41) is 11.7. The maximum atomic E-state index is 14.3.